The Kier molecular flexibility index (Phi) is 3.57. The molecule has 20 heavy (non-hydrogen) atoms. The Morgan fingerprint density at radius 3 is 2.40 bits per heavy atom. The molecular weight excluding hydrogens is 256 g/mol. The lowest BCUT2D eigenvalue weighted by Crippen LogP contribution is -2.09. The van der Waals surface area contributed by atoms with Gasteiger partial charge < -0.3 is 5.11 Å². The maximum absolute atomic E-state index is 11.2. The molecule has 6 nitrogen and oxygen atoms in total. The lowest BCUT2D eigenvalue weighted by molar-refractivity contribution is 0.0695. The fourth-order valence-electron chi connectivity index (χ4n) is 2.11. The van der Waals surface area contributed by atoms with Gasteiger partial charge in [-0.25, -0.2) is 19.4 Å². The maximum Gasteiger partial charge on any atom is 0.339 e. The first-order chi connectivity index (χ1) is 9.31. The highest BCUT2D eigenvalue weighted by Gasteiger charge is 2.20. The highest BCUT2D eigenvalue weighted by molar-refractivity contribution is 5.90. The van der Waals surface area contributed by atoms with Crippen LogP contribution in [0.1, 0.15) is 52.9 Å². The molecule has 0 saturated carbocycles. The molecule has 0 radical (unpaired) electrons. The van der Waals surface area contributed by atoms with Crippen LogP contribution in [-0.2, 0) is 0 Å². The summed E-state index contributed by atoms with van der Waals surface area (Å²) >= 11 is 0. The van der Waals surface area contributed by atoms with E-state index in [4.69, 9.17) is 0 Å². The van der Waals surface area contributed by atoms with Gasteiger partial charge in [-0.05, 0) is 32.8 Å². The van der Waals surface area contributed by atoms with E-state index in [0.717, 1.165) is 11.4 Å². The van der Waals surface area contributed by atoms with Crippen LogP contribution in [-0.4, -0.2) is 30.8 Å². The molecule has 106 valence electrons. The van der Waals surface area contributed by atoms with Crippen LogP contribution in [0.25, 0.3) is 5.95 Å². The van der Waals surface area contributed by atoms with E-state index in [1.165, 1.54) is 4.68 Å². The minimum Gasteiger partial charge on any atom is -0.478 e. The van der Waals surface area contributed by atoms with E-state index >= 15 is 0 Å². The minimum atomic E-state index is -0.983. The molecule has 2 aromatic rings. The van der Waals surface area contributed by atoms with Gasteiger partial charge in [0.15, 0.2) is 0 Å². The van der Waals surface area contributed by atoms with Crippen molar-refractivity contribution in [2.75, 3.05) is 0 Å². The molecule has 0 atom stereocenters. The summed E-state index contributed by atoms with van der Waals surface area (Å²) in [5.41, 5.74) is 2.96. The summed E-state index contributed by atoms with van der Waals surface area (Å²) in [7, 11) is 0. The molecular formula is C14H18N4O2. The molecule has 0 bridgehead atoms. The third-order valence-corrected chi connectivity index (χ3v) is 3.15. The molecule has 0 aliphatic rings. The van der Waals surface area contributed by atoms with Crippen LogP contribution in [0.15, 0.2) is 6.07 Å². The summed E-state index contributed by atoms with van der Waals surface area (Å²) in [4.78, 5) is 20.1. The first-order valence-electron chi connectivity index (χ1n) is 6.46. The highest BCUT2D eigenvalue weighted by Crippen LogP contribution is 2.18. The molecule has 2 aromatic heterocycles. The summed E-state index contributed by atoms with van der Waals surface area (Å²) in [5, 5.41) is 13.5. The molecule has 0 fully saturated rings. The topological polar surface area (TPSA) is 80.9 Å². The summed E-state index contributed by atoms with van der Waals surface area (Å²) in [6.45, 7) is 9.38. The van der Waals surface area contributed by atoms with E-state index < -0.39 is 5.97 Å². The number of aromatic carboxylic acids is 1. The van der Waals surface area contributed by atoms with Crippen LogP contribution in [0.4, 0.5) is 0 Å². The molecule has 0 aromatic carbocycles. The van der Waals surface area contributed by atoms with Gasteiger partial charge in [-0.2, -0.15) is 5.10 Å². The van der Waals surface area contributed by atoms with Crippen LogP contribution in [0.5, 0.6) is 0 Å². The summed E-state index contributed by atoms with van der Waals surface area (Å²) in [6, 6.07) is 1.93. The van der Waals surface area contributed by atoms with Crippen molar-refractivity contribution in [3.05, 3.63) is 34.4 Å². The monoisotopic (exact) mass is 274 g/mol. The number of aromatic nitrogens is 4. The maximum atomic E-state index is 11.2. The SMILES string of the molecule is Cc1cc(C(C)C)nc(-n2nc(C)c(C(=O)O)c2C)n1. The Morgan fingerprint density at radius 2 is 1.90 bits per heavy atom. The number of carboxylic acids is 1. The second kappa shape index (κ2) is 5.03. The second-order valence-corrected chi connectivity index (χ2v) is 5.15. The smallest absolute Gasteiger partial charge is 0.339 e. The average molecular weight is 274 g/mol. The van der Waals surface area contributed by atoms with Crippen molar-refractivity contribution in [1.82, 2.24) is 19.7 Å². The number of aryl methyl sites for hydroxylation is 2. The van der Waals surface area contributed by atoms with Crippen molar-refractivity contribution in [3.8, 4) is 5.95 Å². The first kappa shape index (κ1) is 14.2. The fraction of sp³-hybridized carbons (Fsp3) is 0.429. The van der Waals surface area contributed by atoms with Gasteiger partial charge in [-0.1, -0.05) is 13.8 Å². The standard InChI is InChI=1S/C14H18N4O2/c1-7(2)11-6-8(3)15-14(16-11)18-10(5)12(13(19)20)9(4)17-18/h6-7H,1-5H3,(H,19,20). The van der Waals surface area contributed by atoms with Gasteiger partial charge in [0.05, 0.1) is 11.4 Å². The van der Waals surface area contributed by atoms with Gasteiger partial charge in [-0.15, -0.1) is 0 Å². The number of nitrogens with zero attached hydrogens (tertiary/aromatic N) is 4. The Bertz CT molecular complexity index is 674. The zero-order chi connectivity index (χ0) is 15.0. The number of carbonyl (C=O) groups is 1. The van der Waals surface area contributed by atoms with Gasteiger partial charge in [-0.3, -0.25) is 0 Å². The summed E-state index contributed by atoms with van der Waals surface area (Å²) < 4.78 is 1.50. The molecule has 2 rings (SSSR count). The number of rotatable bonds is 3. The van der Waals surface area contributed by atoms with Crippen molar-refractivity contribution >= 4 is 5.97 Å². The van der Waals surface area contributed by atoms with Gasteiger partial charge in [0.2, 0.25) is 0 Å². The predicted octanol–water partition coefficient (Wildman–Crippen LogP) is 2.41. The molecule has 0 saturated heterocycles. The largest absolute Gasteiger partial charge is 0.478 e. The van der Waals surface area contributed by atoms with Crippen molar-refractivity contribution in [2.45, 2.75) is 40.5 Å². The van der Waals surface area contributed by atoms with Crippen LogP contribution >= 0.6 is 0 Å². The molecule has 0 unspecified atom stereocenters. The molecule has 0 aliphatic heterocycles. The Balaban J connectivity index is 2.63. The quantitative estimate of drug-likeness (QED) is 0.929. The van der Waals surface area contributed by atoms with E-state index in [1.807, 2.05) is 13.0 Å². The van der Waals surface area contributed by atoms with Gasteiger partial charge in [0.1, 0.15) is 5.56 Å². The van der Waals surface area contributed by atoms with Crippen molar-refractivity contribution < 1.29 is 9.90 Å². The second-order valence-electron chi connectivity index (χ2n) is 5.15. The summed E-state index contributed by atoms with van der Waals surface area (Å²) in [5.74, 6) is -0.295. The van der Waals surface area contributed by atoms with Crippen LogP contribution in [0.2, 0.25) is 0 Å². The lowest BCUT2D eigenvalue weighted by Gasteiger charge is -2.09. The minimum absolute atomic E-state index is 0.209. The van der Waals surface area contributed by atoms with E-state index in [2.05, 4.69) is 28.9 Å². The number of hydrogen-bond acceptors (Lipinski definition) is 4. The molecule has 2 heterocycles. The van der Waals surface area contributed by atoms with Gasteiger partial charge in [0.25, 0.3) is 5.95 Å². The molecule has 0 spiro atoms. The van der Waals surface area contributed by atoms with E-state index in [-0.39, 0.29) is 11.5 Å². The molecule has 1 N–H and O–H groups in total. The fourth-order valence-corrected chi connectivity index (χ4v) is 2.11. The van der Waals surface area contributed by atoms with Crippen molar-refractivity contribution in [2.24, 2.45) is 0 Å². The third kappa shape index (κ3) is 2.41. The zero-order valence-electron chi connectivity index (χ0n) is 12.3. The molecule has 6 heteroatoms. The van der Waals surface area contributed by atoms with Crippen molar-refractivity contribution in [1.29, 1.82) is 0 Å². The van der Waals surface area contributed by atoms with Gasteiger partial charge >= 0.3 is 5.97 Å². The molecule has 0 aliphatic carbocycles. The highest BCUT2D eigenvalue weighted by atomic mass is 16.4. The Labute approximate surface area is 117 Å². The third-order valence-electron chi connectivity index (χ3n) is 3.15. The van der Waals surface area contributed by atoms with E-state index in [9.17, 15) is 9.90 Å². The first-order valence-corrected chi connectivity index (χ1v) is 6.46. The lowest BCUT2D eigenvalue weighted by atomic mass is 10.1. The Hall–Kier alpha value is -2.24. The predicted molar refractivity (Wildman–Crippen MR) is 74.4 cm³/mol. The molecule has 0 amide bonds. The average Bonchev–Trinajstić information content (AvgIpc) is 2.63. The van der Waals surface area contributed by atoms with Gasteiger partial charge in [0, 0.05) is 11.4 Å². The van der Waals surface area contributed by atoms with Crippen LogP contribution in [0.3, 0.4) is 0 Å². The number of carboxylic acid groups (broad SMARTS) is 1. The summed E-state index contributed by atoms with van der Waals surface area (Å²) in [6.07, 6.45) is 0. The van der Waals surface area contributed by atoms with E-state index in [1.54, 1.807) is 13.8 Å². The van der Waals surface area contributed by atoms with Crippen LogP contribution < -0.4 is 0 Å². The Morgan fingerprint density at radius 1 is 1.25 bits per heavy atom. The number of hydrogen-bond donors (Lipinski definition) is 1. The normalized spacial score (nSPS) is 11.1. The van der Waals surface area contributed by atoms with Crippen LogP contribution in [0, 0.1) is 20.8 Å². The van der Waals surface area contributed by atoms with Crippen molar-refractivity contribution in [3.63, 3.8) is 0 Å². The zero-order valence-corrected chi connectivity index (χ0v) is 12.3. The van der Waals surface area contributed by atoms with E-state index in [0.29, 0.717) is 17.3 Å².